The summed E-state index contributed by atoms with van der Waals surface area (Å²) in [6, 6.07) is 2.33. The van der Waals surface area contributed by atoms with Crippen molar-refractivity contribution in [2.24, 2.45) is 0 Å². The van der Waals surface area contributed by atoms with Gasteiger partial charge in [-0.05, 0) is 59.5 Å². The van der Waals surface area contributed by atoms with Crippen LogP contribution < -0.4 is 5.32 Å². The predicted molar refractivity (Wildman–Crippen MR) is 72.1 cm³/mol. The molecule has 2 aromatic rings. The van der Waals surface area contributed by atoms with Gasteiger partial charge >= 0.3 is 0 Å². The molecule has 17 heavy (non-hydrogen) atoms. The smallest absolute Gasteiger partial charge is 0.0772 e. The van der Waals surface area contributed by atoms with Crippen molar-refractivity contribution in [1.29, 1.82) is 0 Å². The molecule has 2 rings (SSSR count). The summed E-state index contributed by atoms with van der Waals surface area (Å²) in [6.45, 7) is 1.99. The van der Waals surface area contributed by atoms with Gasteiger partial charge in [0.2, 0.25) is 0 Å². The maximum Gasteiger partial charge on any atom is 0.0772 e. The normalized spacial score (nSPS) is 12.6. The van der Waals surface area contributed by atoms with E-state index in [0.29, 0.717) is 0 Å². The lowest BCUT2D eigenvalue weighted by Crippen LogP contribution is -2.18. The SMILES string of the molecule is CNC(Cc1cncc(Br)c1)c1snnc1C. The molecule has 0 radical (unpaired) electrons. The molecular weight excluding hydrogens is 300 g/mol. The molecule has 0 saturated heterocycles. The molecule has 0 bridgehead atoms. The number of nitrogens with zero attached hydrogens (tertiary/aromatic N) is 3. The molecule has 0 fully saturated rings. The molecule has 0 aromatic carbocycles. The fourth-order valence-corrected chi connectivity index (χ4v) is 2.85. The van der Waals surface area contributed by atoms with Gasteiger partial charge in [-0.15, -0.1) is 5.10 Å². The topological polar surface area (TPSA) is 50.7 Å². The standard InChI is InChI=1S/C11H13BrN4S/c1-7-11(17-16-15-7)10(13-2)4-8-3-9(12)6-14-5-8/h3,5-6,10,13H,4H2,1-2H3. The molecule has 2 heterocycles. The average molecular weight is 313 g/mol. The van der Waals surface area contributed by atoms with E-state index in [1.807, 2.05) is 20.2 Å². The first-order chi connectivity index (χ1) is 8.20. The summed E-state index contributed by atoms with van der Waals surface area (Å²) in [5.74, 6) is 0. The van der Waals surface area contributed by atoms with Crippen LogP contribution in [0.1, 0.15) is 22.2 Å². The third-order valence-corrected chi connectivity index (χ3v) is 3.93. The second-order valence-electron chi connectivity index (χ2n) is 3.78. The van der Waals surface area contributed by atoms with Gasteiger partial charge in [0.05, 0.1) is 10.6 Å². The number of hydrogen-bond donors (Lipinski definition) is 1. The van der Waals surface area contributed by atoms with Crippen LogP contribution in [-0.4, -0.2) is 21.6 Å². The first kappa shape index (κ1) is 12.6. The molecule has 1 N–H and O–H groups in total. The second kappa shape index (κ2) is 5.66. The van der Waals surface area contributed by atoms with Crippen molar-refractivity contribution in [3.05, 3.63) is 39.1 Å². The van der Waals surface area contributed by atoms with E-state index in [0.717, 1.165) is 16.6 Å². The maximum atomic E-state index is 4.17. The van der Waals surface area contributed by atoms with Crippen LogP contribution >= 0.6 is 27.5 Å². The Morgan fingerprint density at radius 3 is 2.88 bits per heavy atom. The number of pyridine rings is 1. The van der Waals surface area contributed by atoms with Gasteiger partial charge in [-0.2, -0.15) is 0 Å². The highest BCUT2D eigenvalue weighted by Crippen LogP contribution is 2.23. The Kier molecular flexibility index (Phi) is 4.20. The molecule has 4 nitrogen and oxygen atoms in total. The Balaban J connectivity index is 2.19. The van der Waals surface area contributed by atoms with Gasteiger partial charge in [0, 0.05) is 22.9 Å². The van der Waals surface area contributed by atoms with Crippen LogP contribution in [0.3, 0.4) is 0 Å². The minimum Gasteiger partial charge on any atom is -0.312 e. The van der Waals surface area contributed by atoms with Crippen LogP contribution in [0.4, 0.5) is 0 Å². The van der Waals surface area contributed by atoms with Crippen molar-refractivity contribution in [3.63, 3.8) is 0 Å². The molecule has 1 unspecified atom stereocenters. The minimum atomic E-state index is 0.242. The molecule has 0 saturated carbocycles. The summed E-state index contributed by atoms with van der Waals surface area (Å²) in [5.41, 5.74) is 2.18. The molecule has 0 aliphatic heterocycles. The van der Waals surface area contributed by atoms with E-state index in [2.05, 4.69) is 41.9 Å². The summed E-state index contributed by atoms with van der Waals surface area (Å²) in [6.07, 6.45) is 4.56. The van der Waals surface area contributed by atoms with Gasteiger partial charge in [-0.25, -0.2) is 0 Å². The monoisotopic (exact) mass is 312 g/mol. The predicted octanol–water partition coefficient (Wildman–Crippen LogP) is 2.51. The fourth-order valence-electron chi connectivity index (χ4n) is 1.69. The number of aryl methyl sites for hydroxylation is 1. The van der Waals surface area contributed by atoms with E-state index in [1.54, 1.807) is 6.20 Å². The van der Waals surface area contributed by atoms with Crippen LogP contribution in [-0.2, 0) is 6.42 Å². The average Bonchev–Trinajstić information content (AvgIpc) is 2.72. The zero-order chi connectivity index (χ0) is 12.3. The van der Waals surface area contributed by atoms with Crippen molar-refractivity contribution < 1.29 is 0 Å². The van der Waals surface area contributed by atoms with Crippen LogP contribution in [0.2, 0.25) is 0 Å². The number of aromatic nitrogens is 3. The highest BCUT2D eigenvalue weighted by Gasteiger charge is 2.16. The Morgan fingerprint density at radius 1 is 1.47 bits per heavy atom. The Bertz CT molecular complexity index is 500. The highest BCUT2D eigenvalue weighted by molar-refractivity contribution is 9.10. The lowest BCUT2D eigenvalue weighted by atomic mass is 10.1. The van der Waals surface area contributed by atoms with Gasteiger partial charge in [0.1, 0.15) is 0 Å². The lowest BCUT2D eigenvalue weighted by Gasteiger charge is -2.14. The lowest BCUT2D eigenvalue weighted by molar-refractivity contribution is 0.596. The Labute approximate surface area is 113 Å². The minimum absolute atomic E-state index is 0.242. The number of likely N-dealkylation sites (N-methyl/N-ethyl adjacent to an activating group) is 1. The number of nitrogens with one attached hydrogen (secondary N) is 1. The van der Waals surface area contributed by atoms with E-state index in [-0.39, 0.29) is 6.04 Å². The van der Waals surface area contributed by atoms with Gasteiger partial charge < -0.3 is 5.32 Å². The summed E-state index contributed by atoms with van der Waals surface area (Å²) in [7, 11) is 1.95. The first-order valence-corrected chi connectivity index (χ1v) is 6.83. The zero-order valence-corrected chi connectivity index (χ0v) is 12.0. The van der Waals surface area contributed by atoms with Gasteiger partial charge in [0.25, 0.3) is 0 Å². The highest BCUT2D eigenvalue weighted by atomic mass is 79.9. The van der Waals surface area contributed by atoms with Crippen molar-refractivity contribution in [1.82, 2.24) is 19.9 Å². The summed E-state index contributed by atoms with van der Waals surface area (Å²) in [4.78, 5) is 5.36. The molecule has 0 aliphatic rings. The van der Waals surface area contributed by atoms with Crippen LogP contribution in [0.25, 0.3) is 0 Å². The Hall–Kier alpha value is -0.850. The van der Waals surface area contributed by atoms with Crippen molar-refractivity contribution >= 4 is 27.5 Å². The molecular formula is C11H13BrN4S. The third kappa shape index (κ3) is 3.08. The molecule has 1 atom stereocenters. The van der Waals surface area contributed by atoms with E-state index in [4.69, 9.17) is 0 Å². The molecule has 2 aromatic heterocycles. The van der Waals surface area contributed by atoms with Crippen LogP contribution in [0.5, 0.6) is 0 Å². The van der Waals surface area contributed by atoms with Gasteiger partial charge in [0.15, 0.2) is 0 Å². The van der Waals surface area contributed by atoms with E-state index >= 15 is 0 Å². The van der Waals surface area contributed by atoms with Crippen LogP contribution in [0, 0.1) is 6.92 Å². The van der Waals surface area contributed by atoms with Crippen molar-refractivity contribution in [2.75, 3.05) is 7.05 Å². The van der Waals surface area contributed by atoms with Crippen molar-refractivity contribution in [3.8, 4) is 0 Å². The zero-order valence-electron chi connectivity index (χ0n) is 9.64. The largest absolute Gasteiger partial charge is 0.312 e. The first-order valence-electron chi connectivity index (χ1n) is 5.26. The van der Waals surface area contributed by atoms with Gasteiger partial charge in [-0.1, -0.05) is 4.49 Å². The van der Waals surface area contributed by atoms with Crippen molar-refractivity contribution in [2.45, 2.75) is 19.4 Å². The van der Waals surface area contributed by atoms with Crippen LogP contribution in [0.15, 0.2) is 22.9 Å². The van der Waals surface area contributed by atoms with E-state index in [1.165, 1.54) is 22.0 Å². The number of rotatable bonds is 4. The third-order valence-electron chi connectivity index (χ3n) is 2.55. The number of halogens is 1. The number of hydrogen-bond acceptors (Lipinski definition) is 5. The fraction of sp³-hybridized carbons (Fsp3) is 0.364. The summed E-state index contributed by atoms with van der Waals surface area (Å²) < 4.78 is 4.98. The Morgan fingerprint density at radius 2 is 2.29 bits per heavy atom. The summed E-state index contributed by atoms with van der Waals surface area (Å²) >= 11 is 4.88. The second-order valence-corrected chi connectivity index (χ2v) is 5.48. The van der Waals surface area contributed by atoms with Gasteiger partial charge in [-0.3, -0.25) is 4.98 Å². The van der Waals surface area contributed by atoms with E-state index in [9.17, 15) is 0 Å². The molecule has 6 heteroatoms. The maximum absolute atomic E-state index is 4.17. The van der Waals surface area contributed by atoms with E-state index < -0.39 is 0 Å². The molecule has 0 amide bonds. The summed E-state index contributed by atoms with van der Waals surface area (Å²) in [5, 5.41) is 7.35. The molecule has 0 aliphatic carbocycles. The molecule has 90 valence electrons. The quantitative estimate of drug-likeness (QED) is 0.942. The molecule has 0 spiro atoms.